The lowest BCUT2D eigenvalue weighted by Gasteiger charge is -2.21. The van der Waals surface area contributed by atoms with Crippen molar-refractivity contribution < 1.29 is 9.53 Å². The van der Waals surface area contributed by atoms with E-state index in [-0.39, 0.29) is 11.5 Å². The summed E-state index contributed by atoms with van der Waals surface area (Å²) in [6.45, 7) is 4.82. The zero-order chi connectivity index (χ0) is 16.1. The van der Waals surface area contributed by atoms with Crippen molar-refractivity contribution in [2.75, 3.05) is 7.11 Å². The molecule has 5 nitrogen and oxygen atoms in total. The van der Waals surface area contributed by atoms with E-state index in [4.69, 9.17) is 4.74 Å². The van der Waals surface area contributed by atoms with Crippen LogP contribution in [-0.4, -0.2) is 22.9 Å². The molecule has 22 heavy (non-hydrogen) atoms. The van der Waals surface area contributed by atoms with E-state index in [1.807, 2.05) is 18.2 Å². The molecule has 0 spiro atoms. The van der Waals surface area contributed by atoms with Crippen molar-refractivity contribution in [2.24, 2.45) is 11.8 Å². The molecule has 0 saturated carbocycles. The molecule has 0 aliphatic rings. The van der Waals surface area contributed by atoms with Gasteiger partial charge in [-0.15, -0.1) is 0 Å². The van der Waals surface area contributed by atoms with E-state index in [9.17, 15) is 9.59 Å². The number of nitrogens with zero attached hydrogens (tertiary/aromatic N) is 2. The minimum absolute atomic E-state index is 0.116. The molecule has 0 bridgehead atoms. The zero-order valence-electron chi connectivity index (χ0n) is 13.3. The molecule has 2 rings (SSSR count). The number of hydrogen-bond acceptors (Lipinski definition) is 4. The maximum Gasteiger partial charge on any atom is 0.269 e. The van der Waals surface area contributed by atoms with Gasteiger partial charge in [0, 0.05) is 19.0 Å². The van der Waals surface area contributed by atoms with Gasteiger partial charge in [0.2, 0.25) is 0 Å². The number of fused-ring (bicyclic) bond motifs is 1. The number of carbonyl (C=O) groups is 1. The molecule has 0 aliphatic carbocycles. The van der Waals surface area contributed by atoms with Gasteiger partial charge >= 0.3 is 0 Å². The van der Waals surface area contributed by atoms with Crippen LogP contribution in [-0.2, 0) is 11.3 Å². The normalized spacial score (nSPS) is 13.8. The first-order valence-corrected chi connectivity index (χ1v) is 7.54. The number of aldehydes is 1. The molecule has 118 valence electrons. The van der Waals surface area contributed by atoms with Crippen LogP contribution in [0.25, 0.3) is 11.0 Å². The van der Waals surface area contributed by atoms with Crippen molar-refractivity contribution in [1.82, 2.24) is 9.55 Å². The Bertz CT molecular complexity index is 709. The maximum atomic E-state index is 12.2. The second kappa shape index (κ2) is 7.20. The first kappa shape index (κ1) is 16.2. The van der Waals surface area contributed by atoms with Gasteiger partial charge in [0.25, 0.3) is 5.56 Å². The van der Waals surface area contributed by atoms with Crippen LogP contribution in [0, 0.1) is 11.8 Å². The maximum absolute atomic E-state index is 12.2. The number of ether oxygens (including phenoxy) is 1. The van der Waals surface area contributed by atoms with E-state index < -0.39 is 0 Å². The molecule has 2 unspecified atom stereocenters. The van der Waals surface area contributed by atoms with Crippen LogP contribution < -0.4 is 10.3 Å². The summed E-state index contributed by atoms with van der Waals surface area (Å²) < 4.78 is 6.98. The van der Waals surface area contributed by atoms with Crippen molar-refractivity contribution in [3.05, 3.63) is 34.7 Å². The number of methoxy groups -OCH3 is 1. The quantitative estimate of drug-likeness (QED) is 0.738. The average molecular weight is 302 g/mol. The van der Waals surface area contributed by atoms with Gasteiger partial charge in [-0.1, -0.05) is 13.8 Å². The molecule has 0 amide bonds. The molecule has 1 heterocycles. The molecule has 0 aliphatic heterocycles. The minimum Gasteiger partial charge on any atom is -0.497 e. The monoisotopic (exact) mass is 302 g/mol. The van der Waals surface area contributed by atoms with Crippen LogP contribution in [0.15, 0.2) is 29.2 Å². The third-order valence-corrected chi connectivity index (χ3v) is 4.24. The fourth-order valence-electron chi connectivity index (χ4n) is 2.54. The van der Waals surface area contributed by atoms with E-state index in [2.05, 4.69) is 18.8 Å². The number of benzene rings is 1. The molecule has 2 aromatic rings. The van der Waals surface area contributed by atoms with Crippen LogP contribution in [0.1, 0.15) is 26.7 Å². The Morgan fingerprint density at radius 2 is 2.09 bits per heavy atom. The average Bonchev–Trinajstić information content (AvgIpc) is 2.54. The van der Waals surface area contributed by atoms with Gasteiger partial charge in [-0.25, -0.2) is 4.98 Å². The molecule has 1 aromatic carbocycles. The van der Waals surface area contributed by atoms with Crippen molar-refractivity contribution in [3.8, 4) is 5.75 Å². The summed E-state index contributed by atoms with van der Waals surface area (Å²) in [5.41, 5.74) is 1.43. The lowest BCUT2D eigenvalue weighted by Crippen LogP contribution is -2.26. The van der Waals surface area contributed by atoms with Gasteiger partial charge in [-0.05, 0) is 30.4 Å². The van der Waals surface area contributed by atoms with Crippen LogP contribution in [0.4, 0.5) is 0 Å². The van der Waals surface area contributed by atoms with Gasteiger partial charge in [-0.3, -0.25) is 4.79 Å². The van der Waals surface area contributed by atoms with Gasteiger partial charge in [0.1, 0.15) is 12.0 Å². The summed E-state index contributed by atoms with van der Waals surface area (Å²) >= 11 is 0. The largest absolute Gasteiger partial charge is 0.497 e. The molecule has 2 atom stereocenters. The smallest absolute Gasteiger partial charge is 0.269 e. The van der Waals surface area contributed by atoms with E-state index in [1.165, 1.54) is 6.20 Å². The lowest BCUT2D eigenvalue weighted by molar-refractivity contribution is -0.108. The van der Waals surface area contributed by atoms with Crippen molar-refractivity contribution in [3.63, 3.8) is 0 Å². The molecule has 0 fully saturated rings. The molecule has 1 aromatic heterocycles. The first-order valence-electron chi connectivity index (χ1n) is 7.54. The van der Waals surface area contributed by atoms with E-state index in [0.29, 0.717) is 24.6 Å². The fraction of sp³-hybridized carbons (Fsp3) is 0.471. The highest BCUT2D eigenvalue weighted by molar-refractivity contribution is 5.76. The number of carbonyl (C=O) groups excluding carboxylic acids is 1. The van der Waals surface area contributed by atoms with E-state index >= 15 is 0 Å². The number of rotatable bonds is 7. The van der Waals surface area contributed by atoms with E-state index in [0.717, 1.165) is 23.7 Å². The van der Waals surface area contributed by atoms with Gasteiger partial charge in [-0.2, -0.15) is 0 Å². The number of aromatic nitrogens is 2. The molecular formula is C17H22N2O3. The van der Waals surface area contributed by atoms with E-state index in [1.54, 1.807) is 11.7 Å². The third-order valence-electron chi connectivity index (χ3n) is 4.24. The highest BCUT2D eigenvalue weighted by Gasteiger charge is 2.15. The SMILES string of the molecule is COc1ccc2ncc(=O)n(CC(C)C(C)CCC=O)c2c1. The Kier molecular flexibility index (Phi) is 5.31. The second-order valence-corrected chi connectivity index (χ2v) is 5.76. The fourth-order valence-corrected chi connectivity index (χ4v) is 2.54. The summed E-state index contributed by atoms with van der Waals surface area (Å²) in [4.78, 5) is 26.9. The first-order chi connectivity index (χ1) is 10.6. The van der Waals surface area contributed by atoms with Crippen molar-refractivity contribution in [2.45, 2.75) is 33.2 Å². The Morgan fingerprint density at radius 1 is 1.32 bits per heavy atom. The van der Waals surface area contributed by atoms with Crippen LogP contribution >= 0.6 is 0 Å². The second-order valence-electron chi connectivity index (χ2n) is 5.76. The van der Waals surface area contributed by atoms with Gasteiger partial charge < -0.3 is 14.1 Å². The third kappa shape index (κ3) is 3.53. The van der Waals surface area contributed by atoms with Crippen LogP contribution in [0.5, 0.6) is 5.75 Å². The number of hydrogen-bond donors (Lipinski definition) is 0. The summed E-state index contributed by atoms with van der Waals surface area (Å²) in [6.07, 6.45) is 3.71. The molecule has 0 saturated heterocycles. The summed E-state index contributed by atoms with van der Waals surface area (Å²) in [6, 6.07) is 5.53. The highest BCUT2D eigenvalue weighted by Crippen LogP contribution is 2.22. The molecule has 5 heteroatoms. The standard InChI is InChI=1S/C17H22N2O3/c1-12(5-4-8-20)13(2)11-19-16-9-14(22-3)6-7-15(16)18-10-17(19)21/h6-10,12-13H,4-5,11H2,1-3H3. The summed E-state index contributed by atoms with van der Waals surface area (Å²) in [7, 11) is 1.60. The zero-order valence-corrected chi connectivity index (χ0v) is 13.3. The Balaban J connectivity index is 2.35. The predicted octanol–water partition coefficient (Wildman–Crippen LogP) is 2.66. The topological polar surface area (TPSA) is 61.2 Å². The lowest BCUT2D eigenvalue weighted by atomic mass is 9.91. The van der Waals surface area contributed by atoms with Gasteiger partial charge in [0.05, 0.1) is 24.3 Å². The van der Waals surface area contributed by atoms with Crippen molar-refractivity contribution >= 4 is 17.3 Å². The Hall–Kier alpha value is -2.17. The minimum atomic E-state index is -0.116. The molecular weight excluding hydrogens is 280 g/mol. The summed E-state index contributed by atoms with van der Waals surface area (Å²) in [5.74, 6) is 1.36. The van der Waals surface area contributed by atoms with Crippen LogP contribution in [0.3, 0.4) is 0 Å². The molecule has 0 radical (unpaired) electrons. The van der Waals surface area contributed by atoms with Crippen molar-refractivity contribution in [1.29, 1.82) is 0 Å². The highest BCUT2D eigenvalue weighted by atomic mass is 16.5. The Labute approximate surface area is 129 Å². The molecule has 0 N–H and O–H groups in total. The predicted molar refractivity (Wildman–Crippen MR) is 86.2 cm³/mol. The Morgan fingerprint density at radius 3 is 2.77 bits per heavy atom. The summed E-state index contributed by atoms with van der Waals surface area (Å²) in [5, 5.41) is 0. The van der Waals surface area contributed by atoms with Gasteiger partial charge in [0.15, 0.2) is 0 Å². The van der Waals surface area contributed by atoms with Crippen LogP contribution in [0.2, 0.25) is 0 Å².